The second-order valence-electron chi connectivity index (χ2n) is 8.11. The van der Waals surface area contributed by atoms with Gasteiger partial charge in [0.2, 0.25) is 10.0 Å². The van der Waals surface area contributed by atoms with Gasteiger partial charge in [0.25, 0.3) is 11.8 Å². The molecule has 0 spiro atoms. The average molecular weight is 474 g/mol. The molecule has 0 aliphatic carbocycles. The number of hydrogen-bond donors (Lipinski definition) is 2. The van der Waals surface area contributed by atoms with Crippen molar-refractivity contribution in [2.24, 2.45) is 0 Å². The number of ether oxygens (including phenoxy) is 1. The third kappa shape index (κ3) is 5.72. The highest BCUT2D eigenvalue weighted by Gasteiger charge is 2.28. The van der Waals surface area contributed by atoms with Crippen molar-refractivity contribution in [2.75, 3.05) is 25.5 Å². The quantitative estimate of drug-likeness (QED) is 0.609. The highest BCUT2D eigenvalue weighted by molar-refractivity contribution is 7.89. The number of benzene rings is 2. The van der Waals surface area contributed by atoms with Crippen LogP contribution in [-0.4, -0.2) is 50.8 Å². The molecule has 0 bridgehead atoms. The molecule has 1 atom stereocenters. The summed E-state index contributed by atoms with van der Waals surface area (Å²) in [5, 5.41) is 5.63. The fourth-order valence-electron chi connectivity index (χ4n) is 3.66. The minimum atomic E-state index is -3.72. The first-order valence-corrected chi connectivity index (χ1v) is 12.6. The van der Waals surface area contributed by atoms with Gasteiger partial charge in [-0.2, -0.15) is 4.31 Å². The number of amides is 2. The Balaban J connectivity index is 1.90. The van der Waals surface area contributed by atoms with Gasteiger partial charge >= 0.3 is 0 Å². The molecule has 0 saturated carbocycles. The fraction of sp³-hybridized carbons (Fsp3) is 0.417. The Morgan fingerprint density at radius 1 is 1.03 bits per heavy atom. The molecule has 8 nitrogen and oxygen atoms in total. The lowest BCUT2D eigenvalue weighted by Gasteiger charge is -2.26. The topological polar surface area (TPSA) is 105 Å². The maximum atomic E-state index is 13.2. The number of methoxy groups -OCH3 is 1. The molecule has 3 rings (SSSR count). The molecule has 0 aromatic heterocycles. The van der Waals surface area contributed by atoms with E-state index in [0.717, 1.165) is 25.7 Å². The summed E-state index contributed by atoms with van der Waals surface area (Å²) in [5.41, 5.74) is 0.726. The smallest absolute Gasteiger partial charge is 0.259 e. The lowest BCUT2D eigenvalue weighted by molar-refractivity contribution is 0.0940. The molecule has 2 aromatic rings. The first kappa shape index (κ1) is 24.7. The van der Waals surface area contributed by atoms with Crippen LogP contribution >= 0.6 is 0 Å². The minimum Gasteiger partial charge on any atom is -0.496 e. The molecule has 2 aromatic carbocycles. The van der Waals surface area contributed by atoms with Crippen molar-refractivity contribution in [2.45, 2.75) is 50.5 Å². The maximum absolute atomic E-state index is 13.2. The molecule has 1 saturated heterocycles. The third-order valence-corrected chi connectivity index (χ3v) is 7.67. The molecule has 33 heavy (non-hydrogen) atoms. The summed E-state index contributed by atoms with van der Waals surface area (Å²) >= 11 is 0. The van der Waals surface area contributed by atoms with E-state index >= 15 is 0 Å². The van der Waals surface area contributed by atoms with Crippen LogP contribution in [0.1, 0.15) is 60.2 Å². The van der Waals surface area contributed by atoms with E-state index < -0.39 is 15.9 Å². The van der Waals surface area contributed by atoms with Crippen molar-refractivity contribution in [1.82, 2.24) is 9.62 Å². The minimum absolute atomic E-state index is 0.0157. The van der Waals surface area contributed by atoms with E-state index in [1.165, 1.54) is 29.6 Å². The van der Waals surface area contributed by atoms with Gasteiger partial charge in [0.05, 0.1) is 28.8 Å². The van der Waals surface area contributed by atoms with Gasteiger partial charge in [0, 0.05) is 19.1 Å². The number of piperidine rings is 1. The van der Waals surface area contributed by atoms with Crippen molar-refractivity contribution in [3.63, 3.8) is 0 Å². The number of carbonyl (C=O) groups is 2. The Hall–Kier alpha value is -2.91. The van der Waals surface area contributed by atoms with Crippen LogP contribution < -0.4 is 15.4 Å². The standard InChI is InChI=1S/C24H31N3O5S/c1-4-17(2)25-23(28)19-10-6-7-11-21(19)26-24(29)20-16-18(12-13-22(20)32-3)33(30,31)27-14-8-5-9-15-27/h6-7,10-13,16-17H,4-5,8-9,14-15H2,1-3H3,(H,25,28)(H,26,29)/t17-/m1/s1. The van der Waals surface area contributed by atoms with Gasteiger partial charge in [-0.1, -0.05) is 25.5 Å². The Morgan fingerprint density at radius 3 is 2.39 bits per heavy atom. The normalized spacial score (nSPS) is 15.5. The number of carbonyl (C=O) groups excluding carboxylic acids is 2. The average Bonchev–Trinajstić information content (AvgIpc) is 2.84. The van der Waals surface area contributed by atoms with Crippen LogP contribution in [0.5, 0.6) is 5.75 Å². The Kier molecular flexibility index (Phi) is 8.10. The predicted molar refractivity (Wildman–Crippen MR) is 127 cm³/mol. The van der Waals surface area contributed by atoms with Gasteiger partial charge in [-0.05, 0) is 56.5 Å². The van der Waals surface area contributed by atoms with Crippen molar-refractivity contribution in [3.8, 4) is 5.75 Å². The van der Waals surface area contributed by atoms with Gasteiger partial charge in [-0.3, -0.25) is 9.59 Å². The second-order valence-corrected chi connectivity index (χ2v) is 10.0. The molecule has 1 aliphatic rings. The van der Waals surface area contributed by atoms with E-state index in [0.29, 0.717) is 24.3 Å². The largest absolute Gasteiger partial charge is 0.496 e. The van der Waals surface area contributed by atoms with Gasteiger partial charge in [-0.15, -0.1) is 0 Å². The summed E-state index contributed by atoms with van der Waals surface area (Å²) in [4.78, 5) is 25.9. The summed E-state index contributed by atoms with van der Waals surface area (Å²) in [6.07, 6.45) is 3.42. The van der Waals surface area contributed by atoms with Crippen LogP contribution in [0.2, 0.25) is 0 Å². The van der Waals surface area contributed by atoms with Gasteiger partial charge in [0.15, 0.2) is 0 Å². The number of sulfonamides is 1. The molecule has 1 fully saturated rings. The molecule has 0 radical (unpaired) electrons. The zero-order valence-electron chi connectivity index (χ0n) is 19.3. The van der Waals surface area contributed by atoms with E-state index in [4.69, 9.17) is 4.74 Å². The molecule has 178 valence electrons. The van der Waals surface area contributed by atoms with Crippen LogP contribution in [0.4, 0.5) is 5.69 Å². The second kappa shape index (κ2) is 10.8. The zero-order chi connectivity index (χ0) is 24.0. The van der Waals surface area contributed by atoms with E-state index in [2.05, 4.69) is 10.6 Å². The molecule has 2 N–H and O–H groups in total. The van der Waals surface area contributed by atoms with Crippen LogP contribution in [0.15, 0.2) is 47.4 Å². The maximum Gasteiger partial charge on any atom is 0.259 e. The highest BCUT2D eigenvalue weighted by atomic mass is 32.2. The molecule has 2 amide bonds. The fourth-order valence-corrected chi connectivity index (χ4v) is 5.21. The van der Waals surface area contributed by atoms with Gasteiger partial charge in [-0.25, -0.2) is 8.42 Å². The zero-order valence-corrected chi connectivity index (χ0v) is 20.1. The molecule has 1 aliphatic heterocycles. The molecular formula is C24H31N3O5S. The lowest BCUT2D eigenvalue weighted by Crippen LogP contribution is -2.35. The van der Waals surface area contributed by atoms with Gasteiger partial charge in [0.1, 0.15) is 5.75 Å². The molecular weight excluding hydrogens is 442 g/mol. The summed E-state index contributed by atoms with van der Waals surface area (Å²) < 4.78 is 33.0. The van der Waals surface area contributed by atoms with Gasteiger partial charge < -0.3 is 15.4 Å². The van der Waals surface area contributed by atoms with Crippen molar-refractivity contribution < 1.29 is 22.7 Å². The Bertz CT molecular complexity index is 1110. The molecule has 9 heteroatoms. The van der Waals surface area contributed by atoms with E-state index in [1.807, 2.05) is 13.8 Å². The SMILES string of the molecule is CC[C@@H](C)NC(=O)c1ccccc1NC(=O)c1cc(S(=O)(=O)N2CCCCC2)ccc1OC. The van der Waals surface area contributed by atoms with E-state index in [1.54, 1.807) is 24.3 Å². The Morgan fingerprint density at radius 2 is 1.73 bits per heavy atom. The summed E-state index contributed by atoms with van der Waals surface area (Å²) in [6.45, 7) is 4.80. The van der Waals surface area contributed by atoms with Crippen molar-refractivity contribution >= 4 is 27.5 Å². The number of anilines is 1. The highest BCUT2D eigenvalue weighted by Crippen LogP contribution is 2.27. The summed E-state index contributed by atoms with van der Waals surface area (Å²) in [7, 11) is -2.31. The van der Waals surface area contributed by atoms with E-state index in [-0.39, 0.29) is 28.2 Å². The summed E-state index contributed by atoms with van der Waals surface area (Å²) in [5.74, 6) is -0.619. The van der Waals surface area contributed by atoms with E-state index in [9.17, 15) is 18.0 Å². The molecule has 0 unspecified atom stereocenters. The third-order valence-electron chi connectivity index (χ3n) is 5.78. The van der Waals surface area contributed by atoms with Crippen LogP contribution in [0, 0.1) is 0 Å². The van der Waals surface area contributed by atoms with Crippen molar-refractivity contribution in [1.29, 1.82) is 0 Å². The number of nitrogens with zero attached hydrogens (tertiary/aromatic N) is 1. The number of nitrogens with one attached hydrogen (secondary N) is 2. The Labute approximate surface area is 195 Å². The first-order valence-electron chi connectivity index (χ1n) is 11.2. The number of rotatable bonds is 8. The summed E-state index contributed by atoms with van der Waals surface area (Å²) in [6, 6.07) is 10.9. The molecule has 1 heterocycles. The lowest BCUT2D eigenvalue weighted by atomic mass is 10.1. The monoisotopic (exact) mass is 473 g/mol. The number of para-hydroxylation sites is 1. The first-order chi connectivity index (χ1) is 15.8. The van der Waals surface area contributed by atoms with Crippen LogP contribution in [-0.2, 0) is 10.0 Å². The number of hydrogen-bond acceptors (Lipinski definition) is 5. The van der Waals surface area contributed by atoms with Crippen LogP contribution in [0.25, 0.3) is 0 Å². The van der Waals surface area contributed by atoms with Crippen LogP contribution in [0.3, 0.4) is 0 Å². The van der Waals surface area contributed by atoms with Crippen molar-refractivity contribution in [3.05, 3.63) is 53.6 Å². The predicted octanol–water partition coefficient (Wildman–Crippen LogP) is 3.65.